The molecule has 8 heteroatoms. The molecule has 1 aromatic carbocycles. The van der Waals surface area contributed by atoms with Crippen LogP contribution in [0.5, 0.6) is 0 Å². The Hall–Kier alpha value is -3.42. The van der Waals surface area contributed by atoms with E-state index >= 15 is 0 Å². The molecular formula is C21H24N6O2. The first kappa shape index (κ1) is 18.9. The van der Waals surface area contributed by atoms with Gasteiger partial charge in [0.15, 0.2) is 0 Å². The second-order valence-electron chi connectivity index (χ2n) is 7.25. The van der Waals surface area contributed by atoms with Crippen molar-refractivity contribution in [2.75, 3.05) is 23.0 Å². The molecule has 0 spiro atoms. The summed E-state index contributed by atoms with van der Waals surface area (Å²) in [5, 5.41) is 8.73. The number of aromatic nitrogens is 1. The Kier molecular flexibility index (Phi) is 5.41. The molecule has 1 fully saturated rings. The number of amides is 2. The van der Waals surface area contributed by atoms with Crippen LogP contribution in [0.15, 0.2) is 53.8 Å². The number of hydrogen-bond donors (Lipinski definition) is 2. The van der Waals surface area contributed by atoms with Gasteiger partial charge in [-0.2, -0.15) is 5.10 Å². The lowest BCUT2D eigenvalue weighted by Gasteiger charge is -2.20. The van der Waals surface area contributed by atoms with Gasteiger partial charge in [-0.25, -0.2) is 4.98 Å². The number of carbonyl (C=O) groups excluding carboxylic acids is 2. The van der Waals surface area contributed by atoms with Crippen molar-refractivity contribution in [1.29, 1.82) is 0 Å². The smallest absolute Gasteiger partial charge is 0.267 e. The highest BCUT2D eigenvalue weighted by atomic mass is 16.2. The number of nitrogens with zero attached hydrogens (tertiary/aromatic N) is 4. The molecule has 150 valence electrons. The van der Waals surface area contributed by atoms with Crippen LogP contribution in [-0.2, 0) is 16.1 Å². The van der Waals surface area contributed by atoms with Gasteiger partial charge in [0.2, 0.25) is 5.91 Å². The van der Waals surface area contributed by atoms with Crippen LogP contribution in [0.4, 0.5) is 11.5 Å². The molecule has 2 aromatic rings. The molecule has 0 saturated carbocycles. The van der Waals surface area contributed by atoms with E-state index in [0.717, 1.165) is 30.2 Å². The van der Waals surface area contributed by atoms with Gasteiger partial charge in [0.1, 0.15) is 17.6 Å². The fourth-order valence-electron chi connectivity index (χ4n) is 3.63. The van der Waals surface area contributed by atoms with E-state index in [9.17, 15) is 9.59 Å². The predicted octanol–water partition coefficient (Wildman–Crippen LogP) is 1.42. The van der Waals surface area contributed by atoms with Gasteiger partial charge in [0.25, 0.3) is 5.91 Å². The molecule has 2 aliphatic heterocycles. The summed E-state index contributed by atoms with van der Waals surface area (Å²) < 4.78 is 0. The highest BCUT2D eigenvalue weighted by Gasteiger charge is 2.34. The van der Waals surface area contributed by atoms with Gasteiger partial charge < -0.3 is 16.0 Å². The van der Waals surface area contributed by atoms with Crippen molar-refractivity contribution in [3.63, 3.8) is 0 Å². The van der Waals surface area contributed by atoms with Gasteiger partial charge in [-0.1, -0.05) is 24.3 Å². The van der Waals surface area contributed by atoms with Crippen molar-refractivity contribution in [1.82, 2.24) is 10.3 Å². The zero-order valence-corrected chi connectivity index (χ0v) is 16.1. The maximum Gasteiger partial charge on any atom is 0.267 e. The number of benzene rings is 1. The SMILES string of the molecule is NC(=O)C1CC(C(=O)NCc2ccc(N3CCCC3)nc2)=NN1c1ccccc1. The van der Waals surface area contributed by atoms with Crippen molar-refractivity contribution < 1.29 is 9.59 Å². The van der Waals surface area contributed by atoms with Crippen LogP contribution in [-0.4, -0.2) is 41.6 Å². The van der Waals surface area contributed by atoms with Crippen molar-refractivity contribution in [3.8, 4) is 0 Å². The number of para-hydroxylation sites is 1. The summed E-state index contributed by atoms with van der Waals surface area (Å²) >= 11 is 0. The Morgan fingerprint density at radius 2 is 1.86 bits per heavy atom. The minimum atomic E-state index is -0.667. The third-order valence-corrected chi connectivity index (χ3v) is 5.21. The van der Waals surface area contributed by atoms with E-state index in [1.165, 1.54) is 17.9 Å². The third-order valence-electron chi connectivity index (χ3n) is 5.21. The van der Waals surface area contributed by atoms with Gasteiger partial charge in [-0.15, -0.1) is 0 Å². The lowest BCUT2D eigenvalue weighted by molar-refractivity contribution is -0.119. The number of nitrogens with one attached hydrogen (secondary N) is 1. The molecule has 3 N–H and O–H groups in total. The first-order chi connectivity index (χ1) is 14.1. The molecule has 2 aliphatic rings. The quantitative estimate of drug-likeness (QED) is 0.774. The molecule has 1 atom stereocenters. The Labute approximate surface area is 169 Å². The van der Waals surface area contributed by atoms with Crippen LogP contribution in [0.1, 0.15) is 24.8 Å². The lowest BCUT2D eigenvalue weighted by Crippen LogP contribution is -2.39. The Morgan fingerprint density at radius 1 is 1.10 bits per heavy atom. The maximum atomic E-state index is 12.6. The summed E-state index contributed by atoms with van der Waals surface area (Å²) in [5.74, 6) is 0.154. The van der Waals surface area contributed by atoms with Crippen LogP contribution in [0.2, 0.25) is 0 Å². The molecular weight excluding hydrogens is 368 g/mol. The maximum absolute atomic E-state index is 12.6. The first-order valence-corrected chi connectivity index (χ1v) is 9.81. The molecule has 1 unspecified atom stereocenters. The second-order valence-corrected chi connectivity index (χ2v) is 7.25. The largest absolute Gasteiger partial charge is 0.368 e. The summed E-state index contributed by atoms with van der Waals surface area (Å²) in [6.45, 7) is 2.43. The standard InChI is InChI=1S/C21H24N6O2/c22-20(28)18-12-17(25-27(18)16-6-2-1-3-7-16)21(29)24-14-15-8-9-19(23-13-15)26-10-4-5-11-26/h1-3,6-9,13,18H,4-5,10-12,14H2,(H2,22,28)(H,24,29). The van der Waals surface area contributed by atoms with Crippen molar-refractivity contribution in [3.05, 3.63) is 54.2 Å². The highest BCUT2D eigenvalue weighted by Crippen LogP contribution is 2.24. The van der Waals surface area contributed by atoms with Gasteiger partial charge >= 0.3 is 0 Å². The van der Waals surface area contributed by atoms with Crippen molar-refractivity contribution in [2.45, 2.75) is 31.8 Å². The monoisotopic (exact) mass is 392 g/mol. The third kappa shape index (κ3) is 4.21. The molecule has 29 heavy (non-hydrogen) atoms. The normalized spacial score (nSPS) is 18.6. The first-order valence-electron chi connectivity index (χ1n) is 9.81. The number of rotatable bonds is 6. The Morgan fingerprint density at radius 3 is 2.52 bits per heavy atom. The summed E-state index contributed by atoms with van der Waals surface area (Å²) in [4.78, 5) is 31.2. The Balaban J connectivity index is 1.39. The van der Waals surface area contributed by atoms with E-state index in [2.05, 4.69) is 20.3 Å². The predicted molar refractivity (Wildman–Crippen MR) is 111 cm³/mol. The van der Waals surface area contributed by atoms with Crippen molar-refractivity contribution >= 4 is 29.0 Å². The minimum Gasteiger partial charge on any atom is -0.368 e. The molecule has 1 saturated heterocycles. The second kappa shape index (κ2) is 8.30. The molecule has 0 bridgehead atoms. The van der Waals surface area contributed by atoms with E-state index < -0.39 is 11.9 Å². The Bertz CT molecular complexity index is 907. The average molecular weight is 392 g/mol. The van der Waals surface area contributed by atoms with E-state index in [0.29, 0.717) is 12.3 Å². The number of hydrazone groups is 1. The number of nitrogens with two attached hydrogens (primary N) is 1. The van der Waals surface area contributed by atoms with Gasteiger partial charge in [0.05, 0.1) is 5.69 Å². The zero-order chi connectivity index (χ0) is 20.2. The molecule has 4 rings (SSSR count). The number of anilines is 2. The van der Waals surface area contributed by atoms with E-state index in [4.69, 9.17) is 5.73 Å². The van der Waals surface area contributed by atoms with Crippen LogP contribution in [0.25, 0.3) is 0 Å². The van der Waals surface area contributed by atoms with E-state index in [1.54, 1.807) is 6.20 Å². The van der Waals surface area contributed by atoms with E-state index in [1.807, 2.05) is 42.5 Å². The fourth-order valence-corrected chi connectivity index (χ4v) is 3.63. The zero-order valence-electron chi connectivity index (χ0n) is 16.1. The summed E-state index contributed by atoms with van der Waals surface area (Å²) in [7, 11) is 0. The number of primary amides is 1. The van der Waals surface area contributed by atoms with Crippen LogP contribution in [0, 0.1) is 0 Å². The van der Waals surface area contributed by atoms with Crippen LogP contribution < -0.4 is 21.0 Å². The number of carbonyl (C=O) groups is 2. The number of hydrogen-bond acceptors (Lipinski definition) is 6. The molecule has 1 aromatic heterocycles. The topological polar surface area (TPSA) is 104 Å². The molecule has 0 radical (unpaired) electrons. The van der Waals surface area contributed by atoms with Gasteiger partial charge in [0, 0.05) is 32.3 Å². The number of pyridine rings is 1. The fraction of sp³-hybridized carbons (Fsp3) is 0.333. The van der Waals surface area contributed by atoms with E-state index in [-0.39, 0.29) is 12.3 Å². The average Bonchev–Trinajstić information content (AvgIpc) is 3.43. The van der Waals surface area contributed by atoms with Gasteiger partial charge in [-0.3, -0.25) is 14.6 Å². The van der Waals surface area contributed by atoms with Crippen molar-refractivity contribution in [2.24, 2.45) is 10.8 Å². The molecule has 2 amide bonds. The van der Waals surface area contributed by atoms with Crippen LogP contribution in [0.3, 0.4) is 0 Å². The van der Waals surface area contributed by atoms with Crippen LogP contribution >= 0.6 is 0 Å². The lowest BCUT2D eigenvalue weighted by atomic mass is 10.1. The molecule has 3 heterocycles. The minimum absolute atomic E-state index is 0.183. The summed E-state index contributed by atoms with van der Waals surface area (Å²) in [6.07, 6.45) is 4.37. The molecule has 0 aliphatic carbocycles. The summed E-state index contributed by atoms with van der Waals surface area (Å²) in [5.41, 5.74) is 7.44. The summed E-state index contributed by atoms with van der Waals surface area (Å²) in [6, 6.07) is 12.5. The highest BCUT2D eigenvalue weighted by molar-refractivity contribution is 6.40. The molecule has 8 nitrogen and oxygen atoms in total. The van der Waals surface area contributed by atoms with Gasteiger partial charge in [-0.05, 0) is 36.6 Å².